The van der Waals surface area contributed by atoms with Crippen molar-refractivity contribution in [2.75, 3.05) is 13.1 Å². The number of fused-ring (bicyclic) bond motifs is 1. The molecule has 1 aromatic rings. The maximum absolute atomic E-state index is 11.9. The summed E-state index contributed by atoms with van der Waals surface area (Å²) >= 11 is 3.34. The number of aliphatic carboxylic acids is 1. The van der Waals surface area contributed by atoms with Crippen molar-refractivity contribution in [1.29, 1.82) is 0 Å². The Kier molecular flexibility index (Phi) is 3.64. The molecule has 0 aromatic heterocycles. The minimum atomic E-state index is -1.49. The highest BCUT2D eigenvalue weighted by molar-refractivity contribution is 9.10. The third-order valence-electron chi connectivity index (χ3n) is 4.54. The molecule has 2 unspecified atom stereocenters. The van der Waals surface area contributed by atoms with E-state index in [0.717, 1.165) is 10.0 Å². The summed E-state index contributed by atoms with van der Waals surface area (Å²) in [5, 5.41) is 19.4. The first kappa shape index (κ1) is 15.0. The zero-order chi connectivity index (χ0) is 15.1. The minimum absolute atomic E-state index is 0.226. The maximum atomic E-state index is 11.9. The van der Waals surface area contributed by atoms with E-state index in [1.54, 1.807) is 13.0 Å². The van der Waals surface area contributed by atoms with Crippen molar-refractivity contribution >= 4 is 28.0 Å². The first-order valence-electron chi connectivity index (χ1n) is 6.42. The fourth-order valence-corrected chi connectivity index (χ4v) is 3.54. The summed E-state index contributed by atoms with van der Waals surface area (Å²) in [7, 11) is 0. The summed E-state index contributed by atoms with van der Waals surface area (Å²) in [6, 6.07) is 5.45. The summed E-state index contributed by atoms with van der Waals surface area (Å²) in [4.78, 5) is 23.8. The van der Waals surface area contributed by atoms with Crippen LogP contribution in [0.5, 0.6) is 0 Å². The fourth-order valence-electron chi connectivity index (χ4n) is 3.18. The number of carboxylic acid groups (broad SMARTS) is 2. The molecule has 1 aliphatic rings. The summed E-state index contributed by atoms with van der Waals surface area (Å²) in [5.41, 5.74) is -0.00535. The van der Waals surface area contributed by atoms with Gasteiger partial charge in [-0.15, -0.1) is 0 Å². The Hall–Kier alpha value is -1.40. The van der Waals surface area contributed by atoms with Crippen molar-refractivity contribution in [3.8, 4) is 0 Å². The van der Waals surface area contributed by atoms with Gasteiger partial charge in [0, 0.05) is 23.4 Å². The van der Waals surface area contributed by atoms with Crippen LogP contribution >= 0.6 is 15.9 Å². The van der Waals surface area contributed by atoms with E-state index in [9.17, 15) is 19.8 Å². The van der Waals surface area contributed by atoms with Crippen LogP contribution in [0.1, 0.15) is 25.0 Å². The zero-order valence-electron chi connectivity index (χ0n) is 11.4. The van der Waals surface area contributed by atoms with Gasteiger partial charge in [-0.1, -0.05) is 22.0 Å². The normalized spacial score (nSPS) is 28.8. The summed E-state index contributed by atoms with van der Waals surface area (Å²) in [5.74, 6) is -1.11. The second-order valence-electron chi connectivity index (χ2n) is 5.22. The van der Waals surface area contributed by atoms with E-state index in [-0.39, 0.29) is 13.1 Å². The van der Waals surface area contributed by atoms with E-state index in [2.05, 4.69) is 15.9 Å². The van der Waals surface area contributed by atoms with E-state index in [1.165, 1.54) is 6.92 Å². The standard InChI is InChI=1S/C14H16BrNO4/c1-3-16(13(19)20)7-6-9-4-5-10(15)8-11(9)14(16,2)12(17)18/h4-5,8H,3,6-7H2,1-2H3,(H-,17,18,19,20)/p+1. The molecule has 2 atom stereocenters. The van der Waals surface area contributed by atoms with Crippen LogP contribution in [0.15, 0.2) is 22.7 Å². The molecule has 1 heterocycles. The first-order chi connectivity index (χ1) is 9.29. The molecule has 108 valence electrons. The number of likely N-dealkylation sites (N-methyl/N-ethyl adjacent to an activating group) is 1. The molecule has 1 aromatic carbocycles. The molecule has 5 nitrogen and oxygen atoms in total. The topological polar surface area (TPSA) is 74.6 Å². The lowest BCUT2D eigenvalue weighted by atomic mass is 9.79. The number of amides is 1. The van der Waals surface area contributed by atoms with Crippen molar-refractivity contribution in [2.24, 2.45) is 0 Å². The van der Waals surface area contributed by atoms with Crippen LogP contribution in [-0.4, -0.2) is 39.8 Å². The SMILES string of the molecule is CC[N+]1(C(=O)O)CCc2ccc(Br)cc2C1(C)C(=O)O. The van der Waals surface area contributed by atoms with Gasteiger partial charge in [-0.25, -0.2) is 9.28 Å². The Labute approximate surface area is 125 Å². The highest BCUT2D eigenvalue weighted by atomic mass is 79.9. The molecule has 0 spiro atoms. The Bertz CT molecular complexity index is 589. The molecule has 20 heavy (non-hydrogen) atoms. The number of hydrogen-bond acceptors (Lipinski definition) is 2. The van der Waals surface area contributed by atoms with Gasteiger partial charge in [0.05, 0.1) is 13.1 Å². The quantitative estimate of drug-likeness (QED) is 0.810. The second-order valence-corrected chi connectivity index (χ2v) is 6.13. The number of nitrogens with zero attached hydrogens (tertiary/aromatic N) is 1. The largest absolute Gasteiger partial charge is 0.514 e. The molecule has 0 aliphatic carbocycles. The monoisotopic (exact) mass is 342 g/mol. The van der Waals surface area contributed by atoms with Crippen molar-refractivity contribution in [3.05, 3.63) is 33.8 Å². The van der Waals surface area contributed by atoms with Gasteiger partial charge in [-0.2, -0.15) is 4.79 Å². The number of rotatable bonds is 2. The molecule has 0 fully saturated rings. The number of carbonyl (C=O) groups is 2. The summed E-state index contributed by atoms with van der Waals surface area (Å²) in [6.07, 6.45) is -0.533. The molecule has 0 radical (unpaired) electrons. The third-order valence-corrected chi connectivity index (χ3v) is 5.03. The molecule has 2 N–H and O–H groups in total. The lowest BCUT2D eigenvalue weighted by molar-refractivity contribution is -0.906. The number of quaternary nitrogens is 1. The van der Waals surface area contributed by atoms with Gasteiger partial charge in [0.15, 0.2) is 0 Å². The predicted octanol–water partition coefficient (Wildman–Crippen LogP) is 2.82. The van der Waals surface area contributed by atoms with Crippen LogP contribution in [0.4, 0.5) is 4.79 Å². The number of hydrogen-bond donors (Lipinski definition) is 2. The highest BCUT2D eigenvalue weighted by Crippen LogP contribution is 2.43. The van der Waals surface area contributed by atoms with Gasteiger partial charge in [-0.3, -0.25) is 0 Å². The van der Waals surface area contributed by atoms with Crippen molar-refractivity contribution in [1.82, 2.24) is 0 Å². The maximum Gasteiger partial charge on any atom is 0.514 e. The summed E-state index contributed by atoms with van der Waals surface area (Å²) < 4.78 is 0.274. The van der Waals surface area contributed by atoms with Crippen LogP contribution in [0.2, 0.25) is 0 Å². The third kappa shape index (κ3) is 1.78. The van der Waals surface area contributed by atoms with E-state index in [1.807, 2.05) is 12.1 Å². The molecule has 2 rings (SSSR count). The smallest absolute Gasteiger partial charge is 0.476 e. The van der Waals surface area contributed by atoms with Crippen molar-refractivity contribution in [2.45, 2.75) is 25.8 Å². The van der Waals surface area contributed by atoms with Crippen molar-refractivity contribution < 1.29 is 24.3 Å². The lowest BCUT2D eigenvalue weighted by Crippen LogP contribution is -2.69. The molecular formula is C14H17BrNO4+. The Morgan fingerprint density at radius 3 is 2.55 bits per heavy atom. The number of halogens is 1. The molecule has 0 bridgehead atoms. The molecule has 0 saturated carbocycles. The van der Waals surface area contributed by atoms with Gasteiger partial charge >= 0.3 is 12.1 Å². The predicted molar refractivity (Wildman–Crippen MR) is 76.5 cm³/mol. The van der Waals surface area contributed by atoms with Gasteiger partial charge < -0.3 is 10.2 Å². The van der Waals surface area contributed by atoms with Gasteiger partial charge in [-0.05, 0) is 24.6 Å². The van der Waals surface area contributed by atoms with Crippen LogP contribution in [0.25, 0.3) is 0 Å². The Morgan fingerprint density at radius 2 is 2.05 bits per heavy atom. The van der Waals surface area contributed by atoms with Gasteiger partial charge in [0.25, 0.3) is 0 Å². The Morgan fingerprint density at radius 1 is 1.40 bits per heavy atom. The van der Waals surface area contributed by atoms with E-state index >= 15 is 0 Å². The van der Waals surface area contributed by atoms with Crippen LogP contribution in [-0.2, 0) is 16.8 Å². The van der Waals surface area contributed by atoms with E-state index < -0.39 is 22.1 Å². The van der Waals surface area contributed by atoms with Crippen LogP contribution in [0.3, 0.4) is 0 Å². The highest BCUT2D eigenvalue weighted by Gasteiger charge is 2.61. The average molecular weight is 343 g/mol. The molecule has 1 aliphatic heterocycles. The average Bonchev–Trinajstić information content (AvgIpc) is 2.39. The fraction of sp³-hybridized carbons (Fsp3) is 0.429. The van der Waals surface area contributed by atoms with Gasteiger partial charge in [0.2, 0.25) is 5.54 Å². The molecule has 6 heteroatoms. The van der Waals surface area contributed by atoms with E-state index in [4.69, 9.17) is 0 Å². The van der Waals surface area contributed by atoms with Crippen molar-refractivity contribution in [3.63, 3.8) is 0 Å². The number of carboxylic acids is 1. The summed E-state index contributed by atoms with van der Waals surface area (Å²) in [6.45, 7) is 3.74. The molecule has 0 saturated heterocycles. The molecular weight excluding hydrogens is 326 g/mol. The second kappa shape index (κ2) is 4.86. The first-order valence-corrected chi connectivity index (χ1v) is 7.22. The minimum Gasteiger partial charge on any atom is -0.476 e. The van der Waals surface area contributed by atoms with Crippen LogP contribution in [0, 0.1) is 0 Å². The van der Waals surface area contributed by atoms with E-state index in [0.29, 0.717) is 12.0 Å². The zero-order valence-corrected chi connectivity index (χ0v) is 13.0. The number of benzene rings is 1. The van der Waals surface area contributed by atoms with Gasteiger partial charge in [0.1, 0.15) is 0 Å². The Balaban J connectivity index is 2.79. The molecule has 1 amide bonds. The lowest BCUT2D eigenvalue weighted by Gasteiger charge is -2.47. The van der Waals surface area contributed by atoms with Crippen LogP contribution < -0.4 is 0 Å².